The Bertz CT molecular complexity index is 608. The van der Waals surface area contributed by atoms with Crippen molar-refractivity contribution in [2.75, 3.05) is 26.8 Å². The van der Waals surface area contributed by atoms with Gasteiger partial charge in [0.2, 0.25) is 11.8 Å². The molecule has 1 aromatic rings. The summed E-state index contributed by atoms with van der Waals surface area (Å²) in [5.74, 6) is -2.71. The van der Waals surface area contributed by atoms with Gasteiger partial charge >= 0.3 is 5.97 Å². The molecule has 25 heavy (non-hydrogen) atoms. The summed E-state index contributed by atoms with van der Waals surface area (Å²) < 4.78 is 4.89. The van der Waals surface area contributed by atoms with Gasteiger partial charge in [-0.1, -0.05) is 0 Å². The zero-order chi connectivity index (χ0) is 18.2. The SMILES string of the molecule is COCCC(=O)N1C[C@H](C(=O)O)C[C@@H](C(=O)NCc2ccncc2)C1. The molecule has 0 aromatic carbocycles. The monoisotopic (exact) mass is 349 g/mol. The fourth-order valence-corrected chi connectivity index (χ4v) is 2.85. The predicted octanol–water partition coefficient (Wildman–Crippen LogP) is 0.284. The maximum Gasteiger partial charge on any atom is 0.308 e. The number of aromatic nitrogens is 1. The van der Waals surface area contributed by atoms with Crippen LogP contribution in [0.3, 0.4) is 0 Å². The molecule has 0 spiro atoms. The van der Waals surface area contributed by atoms with Gasteiger partial charge in [-0.15, -0.1) is 0 Å². The van der Waals surface area contributed by atoms with Gasteiger partial charge < -0.3 is 20.1 Å². The van der Waals surface area contributed by atoms with E-state index in [9.17, 15) is 19.5 Å². The molecule has 0 saturated carbocycles. The molecule has 0 bridgehead atoms. The van der Waals surface area contributed by atoms with Gasteiger partial charge in [0.1, 0.15) is 0 Å². The van der Waals surface area contributed by atoms with Crippen molar-refractivity contribution in [1.29, 1.82) is 0 Å². The Morgan fingerprint density at radius 3 is 2.60 bits per heavy atom. The third-order valence-electron chi connectivity index (χ3n) is 4.26. The Hall–Kier alpha value is -2.48. The molecular formula is C17H23N3O5. The molecule has 0 unspecified atom stereocenters. The number of rotatable bonds is 7. The minimum Gasteiger partial charge on any atom is -0.481 e. The standard InChI is InChI=1S/C17H23N3O5/c1-25-7-4-15(21)20-10-13(8-14(11-20)17(23)24)16(22)19-9-12-2-5-18-6-3-12/h2-3,5-6,13-14H,4,7-11H2,1H3,(H,19,22)(H,23,24)/t13-,14-/m1/s1. The van der Waals surface area contributed by atoms with E-state index in [0.717, 1.165) is 5.56 Å². The lowest BCUT2D eigenvalue weighted by molar-refractivity contribution is -0.148. The fraction of sp³-hybridized carbons (Fsp3) is 0.529. The maximum absolute atomic E-state index is 12.4. The van der Waals surface area contributed by atoms with Gasteiger partial charge in [0.15, 0.2) is 0 Å². The van der Waals surface area contributed by atoms with Gasteiger partial charge in [0.25, 0.3) is 0 Å². The lowest BCUT2D eigenvalue weighted by Gasteiger charge is -2.35. The maximum atomic E-state index is 12.4. The lowest BCUT2D eigenvalue weighted by Crippen LogP contribution is -2.50. The van der Waals surface area contributed by atoms with Gasteiger partial charge in [-0.3, -0.25) is 19.4 Å². The van der Waals surface area contributed by atoms with E-state index in [4.69, 9.17) is 4.74 Å². The summed E-state index contributed by atoms with van der Waals surface area (Å²) >= 11 is 0. The first-order chi connectivity index (χ1) is 12.0. The first-order valence-corrected chi connectivity index (χ1v) is 8.17. The van der Waals surface area contributed by atoms with Crippen LogP contribution in [0, 0.1) is 11.8 Å². The van der Waals surface area contributed by atoms with Gasteiger partial charge in [-0.2, -0.15) is 0 Å². The van der Waals surface area contributed by atoms with E-state index in [0.29, 0.717) is 6.54 Å². The van der Waals surface area contributed by atoms with Crippen LogP contribution in [0.5, 0.6) is 0 Å². The largest absolute Gasteiger partial charge is 0.481 e. The summed E-state index contributed by atoms with van der Waals surface area (Å²) in [5.41, 5.74) is 0.905. The van der Waals surface area contributed by atoms with Gasteiger partial charge in [-0.25, -0.2) is 0 Å². The minimum absolute atomic E-state index is 0.131. The number of hydrogen-bond donors (Lipinski definition) is 2. The van der Waals surface area contributed by atoms with Crippen molar-refractivity contribution in [2.24, 2.45) is 11.8 Å². The van der Waals surface area contributed by atoms with Crippen molar-refractivity contribution in [3.63, 3.8) is 0 Å². The number of pyridine rings is 1. The van der Waals surface area contributed by atoms with Crippen LogP contribution in [0.25, 0.3) is 0 Å². The van der Waals surface area contributed by atoms with Gasteiger partial charge in [0.05, 0.1) is 24.9 Å². The Kier molecular flexibility index (Phi) is 6.88. The van der Waals surface area contributed by atoms with E-state index >= 15 is 0 Å². The molecule has 1 aliphatic heterocycles. The van der Waals surface area contributed by atoms with Crippen LogP contribution >= 0.6 is 0 Å². The van der Waals surface area contributed by atoms with Crippen LogP contribution in [0.2, 0.25) is 0 Å². The average Bonchev–Trinajstić information content (AvgIpc) is 2.64. The highest BCUT2D eigenvalue weighted by Crippen LogP contribution is 2.23. The highest BCUT2D eigenvalue weighted by molar-refractivity contribution is 5.83. The van der Waals surface area contributed by atoms with Crippen molar-refractivity contribution in [2.45, 2.75) is 19.4 Å². The van der Waals surface area contributed by atoms with Gasteiger partial charge in [0, 0.05) is 39.1 Å². The Morgan fingerprint density at radius 1 is 1.28 bits per heavy atom. The zero-order valence-electron chi connectivity index (χ0n) is 14.2. The van der Waals surface area contributed by atoms with Crippen LogP contribution in [-0.4, -0.2) is 59.6 Å². The van der Waals surface area contributed by atoms with Crippen molar-refractivity contribution in [3.05, 3.63) is 30.1 Å². The van der Waals surface area contributed by atoms with E-state index in [1.54, 1.807) is 24.5 Å². The molecule has 1 fully saturated rings. The highest BCUT2D eigenvalue weighted by atomic mass is 16.5. The molecule has 0 radical (unpaired) electrons. The quantitative estimate of drug-likeness (QED) is 0.732. The number of carboxylic acid groups (broad SMARTS) is 1. The van der Waals surface area contributed by atoms with Crippen LogP contribution < -0.4 is 5.32 Å². The number of nitrogens with one attached hydrogen (secondary N) is 1. The van der Waals surface area contributed by atoms with E-state index in [-0.39, 0.29) is 44.4 Å². The number of ether oxygens (including phenoxy) is 1. The summed E-state index contributed by atoms with van der Waals surface area (Å²) in [6.07, 6.45) is 3.68. The molecule has 8 nitrogen and oxygen atoms in total. The number of carbonyl (C=O) groups excluding carboxylic acids is 2. The summed E-state index contributed by atoms with van der Waals surface area (Å²) in [4.78, 5) is 41.4. The molecule has 1 saturated heterocycles. The molecule has 2 amide bonds. The molecular weight excluding hydrogens is 326 g/mol. The third kappa shape index (κ3) is 5.53. The van der Waals surface area contributed by atoms with E-state index < -0.39 is 17.8 Å². The van der Waals surface area contributed by atoms with Crippen molar-refractivity contribution >= 4 is 17.8 Å². The molecule has 2 N–H and O–H groups in total. The molecule has 1 aromatic heterocycles. The first kappa shape index (κ1) is 18.9. The third-order valence-corrected chi connectivity index (χ3v) is 4.26. The molecule has 2 heterocycles. The molecule has 136 valence electrons. The van der Waals surface area contributed by atoms with E-state index in [1.807, 2.05) is 0 Å². The number of piperidine rings is 1. The highest BCUT2D eigenvalue weighted by Gasteiger charge is 2.36. The number of carbonyl (C=O) groups is 3. The van der Waals surface area contributed by atoms with Crippen LogP contribution in [0.4, 0.5) is 0 Å². The van der Waals surface area contributed by atoms with E-state index in [2.05, 4.69) is 10.3 Å². The Morgan fingerprint density at radius 2 is 1.96 bits per heavy atom. The van der Waals surface area contributed by atoms with Crippen molar-refractivity contribution < 1.29 is 24.2 Å². The fourth-order valence-electron chi connectivity index (χ4n) is 2.85. The number of methoxy groups -OCH3 is 1. The summed E-state index contributed by atoms with van der Waals surface area (Å²) in [5, 5.41) is 12.1. The topological polar surface area (TPSA) is 109 Å². The normalized spacial score (nSPS) is 20.1. The van der Waals surface area contributed by atoms with Gasteiger partial charge in [-0.05, 0) is 24.1 Å². The number of likely N-dealkylation sites (tertiary alicyclic amines) is 1. The molecule has 2 rings (SSSR count). The van der Waals surface area contributed by atoms with Crippen molar-refractivity contribution in [3.8, 4) is 0 Å². The molecule has 0 aliphatic carbocycles. The smallest absolute Gasteiger partial charge is 0.308 e. The summed E-state index contributed by atoms with van der Waals surface area (Å²) in [6, 6.07) is 3.59. The zero-order valence-corrected chi connectivity index (χ0v) is 14.2. The lowest BCUT2D eigenvalue weighted by atomic mass is 9.88. The number of aliphatic carboxylic acids is 1. The van der Waals surface area contributed by atoms with Crippen LogP contribution in [0.15, 0.2) is 24.5 Å². The summed E-state index contributed by atoms with van der Waals surface area (Å²) in [6.45, 7) is 0.972. The Balaban J connectivity index is 1.98. The Labute approximate surface area is 146 Å². The second kappa shape index (κ2) is 9.12. The first-order valence-electron chi connectivity index (χ1n) is 8.17. The molecule has 2 atom stereocenters. The number of hydrogen-bond acceptors (Lipinski definition) is 5. The van der Waals surface area contributed by atoms with Crippen LogP contribution in [0.1, 0.15) is 18.4 Å². The van der Waals surface area contributed by atoms with Crippen molar-refractivity contribution in [1.82, 2.24) is 15.2 Å². The molecule has 8 heteroatoms. The molecule has 1 aliphatic rings. The van der Waals surface area contributed by atoms with Crippen LogP contribution in [-0.2, 0) is 25.7 Å². The number of nitrogens with zero attached hydrogens (tertiary/aromatic N) is 2. The average molecular weight is 349 g/mol. The predicted molar refractivity (Wildman–Crippen MR) is 88.4 cm³/mol. The van der Waals surface area contributed by atoms with E-state index in [1.165, 1.54) is 12.0 Å². The second-order valence-corrected chi connectivity index (χ2v) is 6.08. The summed E-state index contributed by atoms with van der Waals surface area (Å²) in [7, 11) is 1.50. The second-order valence-electron chi connectivity index (χ2n) is 6.08. The number of carboxylic acids is 1. The number of amides is 2. The minimum atomic E-state index is -0.990.